The van der Waals surface area contributed by atoms with Crippen molar-refractivity contribution in [3.63, 3.8) is 0 Å². The zero-order valence-electron chi connectivity index (χ0n) is 6.26. The summed E-state index contributed by atoms with van der Waals surface area (Å²) in [5.74, 6) is 3.69. The molecule has 0 spiro atoms. The maximum absolute atomic E-state index is 4.31. The number of hydrogen-bond donors (Lipinski definition) is 0. The summed E-state index contributed by atoms with van der Waals surface area (Å²) >= 11 is 0. The van der Waals surface area contributed by atoms with Gasteiger partial charge in [0.2, 0.25) is 0 Å². The molecule has 0 radical (unpaired) electrons. The third-order valence-corrected chi connectivity index (χ3v) is 3.88. The van der Waals surface area contributed by atoms with Gasteiger partial charge in [0.25, 0.3) is 0 Å². The molecule has 1 aliphatic heterocycles. The first-order chi connectivity index (χ1) is 4.33. The summed E-state index contributed by atoms with van der Waals surface area (Å²) in [6.45, 7) is 2.34. The third kappa shape index (κ3) is 2.09. The molecule has 1 aliphatic rings. The van der Waals surface area contributed by atoms with Crippen LogP contribution in [0.25, 0.3) is 0 Å². The predicted molar refractivity (Wildman–Crippen MR) is 43.8 cm³/mol. The van der Waals surface area contributed by atoms with Gasteiger partial charge >= 0.3 is 0 Å². The molecule has 0 aromatic rings. The highest BCUT2D eigenvalue weighted by Gasteiger charge is 2.10. The second-order valence-electron chi connectivity index (χ2n) is 2.74. The van der Waals surface area contributed by atoms with Crippen molar-refractivity contribution < 1.29 is 0 Å². The van der Waals surface area contributed by atoms with E-state index in [1.807, 2.05) is 7.05 Å². The van der Waals surface area contributed by atoms with E-state index in [1.54, 1.807) is 0 Å². The van der Waals surface area contributed by atoms with Crippen LogP contribution in [0.4, 0.5) is 0 Å². The van der Waals surface area contributed by atoms with Crippen molar-refractivity contribution >= 4 is 10.7 Å². The summed E-state index contributed by atoms with van der Waals surface area (Å²) in [6, 6.07) is 0. The number of hydrogen-bond acceptors (Lipinski definition) is 1. The lowest BCUT2D eigenvalue weighted by Gasteiger charge is -2.19. The lowest BCUT2D eigenvalue weighted by molar-refractivity contribution is 0.538. The zero-order valence-corrected chi connectivity index (χ0v) is 7.08. The molecule has 1 fully saturated rings. The largest absolute Gasteiger partial charge is 0.268 e. The van der Waals surface area contributed by atoms with Crippen molar-refractivity contribution in [1.29, 1.82) is 0 Å². The van der Waals surface area contributed by atoms with Crippen LogP contribution in [0.2, 0.25) is 0 Å². The second kappa shape index (κ2) is 3.35. The summed E-state index contributed by atoms with van der Waals surface area (Å²) in [5.41, 5.74) is 0. The summed E-state index contributed by atoms with van der Waals surface area (Å²) in [4.78, 5) is 0. The molecule has 0 aromatic carbocycles. The molecule has 0 unspecified atom stereocenters. The maximum atomic E-state index is 4.31. The number of rotatable bonds is 0. The maximum Gasteiger partial charge on any atom is 0.0346 e. The monoisotopic (exact) mass is 145 g/mol. The predicted octanol–water partition coefficient (Wildman–Crippen LogP) is 1.85. The molecule has 0 N–H and O–H groups in total. The van der Waals surface area contributed by atoms with Crippen molar-refractivity contribution in [2.75, 3.05) is 18.6 Å². The molecule has 9 heavy (non-hydrogen) atoms. The van der Waals surface area contributed by atoms with Gasteiger partial charge in [-0.25, -0.2) is 0 Å². The van der Waals surface area contributed by atoms with Crippen molar-refractivity contribution in [3.05, 3.63) is 0 Å². The molecule has 0 saturated carbocycles. The highest BCUT2D eigenvalue weighted by molar-refractivity contribution is 7.87. The van der Waals surface area contributed by atoms with Gasteiger partial charge in [-0.2, -0.15) is 0 Å². The van der Waals surface area contributed by atoms with Gasteiger partial charge in [0.05, 0.1) is 0 Å². The Morgan fingerprint density at radius 3 is 2.33 bits per heavy atom. The minimum Gasteiger partial charge on any atom is -0.268 e. The first kappa shape index (κ1) is 7.26. The minimum absolute atomic E-state index is 0.453. The zero-order chi connectivity index (χ0) is 6.69. The Bertz CT molecular complexity index is 110. The Morgan fingerprint density at radius 2 is 1.89 bits per heavy atom. The molecule has 0 amide bonds. The minimum atomic E-state index is 0.453. The average Bonchev–Trinajstić information content (AvgIpc) is 1.90. The van der Waals surface area contributed by atoms with Crippen molar-refractivity contribution in [2.24, 2.45) is 10.3 Å². The summed E-state index contributed by atoms with van der Waals surface area (Å²) in [5, 5.41) is 0. The van der Waals surface area contributed by atoms with E-state index in [0.29, 0.717) is 10.7 Å². The van der Waals surface area contributed by atoms with Gasteiger partial charge in [0, 0.05) is 18.6 Å². The smallest absolute Gasteiger partial charge is 0.0346 e. The van der Waals surface area contributed by atoms with Gasteiger partial charge < -0.3 is 0 Å². The van der Waals surface area contributed by atoms with Crippen LogP contribution in [0.5, 0.6) is 0 Å². The fourth-order valence-electron chi connectivity index (χ4n) is 1.10. The molecule has 0 bridgehead atoms. The van der Waals surface area contributed by atoms with Crippen LogP contribution in [-0.4, -0.2) is 18.6 Å². The van der Waals surface area contributed by atoms with Crippen LogP contribution in [0, 0.1) is 5.92 Å². The van der Waals surface area contributed by atoms with Gasteiger partial charge in [-0.15, -0.1) is 10.7 Å². The first-order valence-corrected chi connectivity index (χ1v) is 5.12. The molecule has 1 nitrogen and oxygen atoms in total. The Balaban J connectivity index is 2.35. The second-order valence-corrected chi connectivity index (χ2v) is 4.84. The van der Waals surface area contributed by atoms with Crippen LogP contribution < -0.4 is 0 Å². The lowest BCUT2D eigenvalue weighted by Crippen LogP contribution is -2.15. The molecular weight excluding hydrogens is 130 g/mol. The van der Waals surface area contributed by atoms with E-state index in [-0.39, 0.29) is 0 Å². The van der Waals surface area contributed by atoms with Gasteiger partial charge in [-0.1, -0.05) is 6.92 Å². The van der Waals surface area contributed by atoms with Crippen LogP contribution >= 0.6 is 0 Å². The summed E-state index contributed by atoms with van der Waals surface area (Å²) in [7, 11) is 2.41. The fraction of sp³-hybridized carbons (Fsp3) is 1.00. The number of nitrogens with zero attached hydrogens (tertiary/aromatic N) is 1. The van der Waals surface area contributed by atoms with E-state index in [4.69, 9.17) is 0 Å². The summed E-state index contributed by atoms with van der Waals surface area (Å²) < 4.78 is 4.31. The quantitative estimate of drug-likeness (QED) is 0.493. The molecule has 54 valence electrons. The molecular formula is C7H15NS. The molecule has 0 atom stereocenters. The van der Waals surface area contributed by atoms with Crippen LogP contribution in [0.1, 0.15) is 19.8 Å². The molecule has 0 aliphatic carbocycles. The molecule has 0 aromatic heterocycles. The van der Waals surface area contributed by atoms with Crippen molar-refractivity contribution in [3.8, 4) is 0 Å². The molecule has 1 rings (SSSR count). The van der Waals surface area contributed by atoms with E-state index < -0.39 is 0 Å². The van der Waals surface area contributed by atoms with Crippen LogP contribution in [-0.2, 0) is 10.7 Å². The molecule has 1 saturated heterocycles. The highest BCUT2D eigenvalue weighted by Crippen LogP contribution is 2.15. The SMILES string of the molecule is CN=S1CCC(C)CC1. The van der Waals surface area contributed by atoms with E-state index in [2.05, 4.69) is 11.3 Å². The van der Waals surface area contributed by atoms with E-state index >= 15 is 0 Å². The van der Waals surface area contributed by atoms with E-state index in [0.717, 1.165) is 5.92 Å². The Morgan fingerprint density at radius 1 is 1.33 bits per heavy atom. The Hall–Kier alpha value is 0.150. The topological polar surface area (TPSA) is 12.4 Å². The average molecular weight is 145 g/mol. The first-order valence-electron chi connectivity index (χ1n) is 3.60. The standard InChI is InChI=1S/C7H15NS/c1-7-3-5-9(8-2)6-4-7/h7H,3-6H2,1-2H3. The van der Waals surface area contributed by atoms with Crippen LogP contribution in [0.3, 0.4) is 0 Å². The Kier molecular flexibility index (Phi) is 2.70. The van der Waals surface area contributed by atoms with Crippen LogP contribution in [0.15, 0.2) is 4.36 Å². The van der Waals surface area contributed by atoms with E-state index in [1.165, 1.54) is 24.3 Å². The van der Waals surface area contributed by atoms with Crippen molar-refractivity contribution in [1.82, 2.24) is 0 Å². The van der Waals surface area contributed by atoms with Gasteiger partial charge in [0.1, 0.15) is 0 Å². The molecule has 2 heteroatoms. The summed E-state index contributed by atoms with van der Waals surface area (Å²) in [6.07, 6.45) is 2.81. The van der Waals surface area contributed by atoms with Gasteiger partial charge in [0.15, 0.2) is 0 Å². The normalized spacial score (nSPS) is 36.2. The van der Waals surface area contributed by atoms with Crippen molar-refractivity contribution in [2.45, 2.75) is 19.8 Å². The molecule has 1 heterocycles. The fourth-order valence-corrected chi connectivity index (χ4v) is 3.02. The Labute approximate surface area is 60.0 Å². The van der Waals surface area contributed by atoms with E-state index in [9.17, 15) is 0 Å². The highest BCUT2D eigenvalue weighted by atomic mass is 32.2. The van der Waals surface area contributed by atoms with Gasteiger partial charge in [-0.3, -0.25) is 4.36 Å². The lowest BCUT2D eigenvalue weighted by atomic mass is 10.1. The van der Waals surface area contributed by atoms with Gasteiger partial charge in [-0.05, 0) is 18.8 Å². The third-order valence-electron chi connectivity index (χ3n) is 1.95.